The van der Waals surface area contributed by atoms with Crippen LogP contribution in [0.3, 0.4) is 0 Å². The second kappa shape index (κ2) is 7.01. The van der Waals surface area contributed by atoms with Crippen molar-refractivity contribution in [3.8, 4) is 0 Å². The van der Waals surface area contributed by atoms with Crippen LogP contribution in [0.1, 0.15) is 11.1 Å². The van der Waals surface area contributed by atoms with Crippen LogP contribution in [0.2, 0.25) is 0 Å². The van der Waals surface area contributed by atoms with Crippen molar-refractivity contribution in [1.82, 2.24) is 9.88 Å². The zero-order valence-corrected chi connectivity index (χ0v) is 14.2. The van der Waals surface area contributed by atoms with Gasteiger partial charge in [-0.2, -0.15) is 11.3 Å². The molecule has 2 saturated heterocycles. The van der Waals surface area contributed by atoms with Gasteiger partial charge in [0, 0.05) is 24.9 Å². The first-order valence-electron chi connectivity index (χ1n) is 8.20. The smallest absolute Gasteiger partial charge is 0.227 e. The SMILES string of the molecule is O=C(Cc1ccsc1)N1C[C@@H](OCc2cccnc2)[C@@H]2COC[C@@H]21. The van der Waals surface area contributed by atoms with Crippen LogP contribution in [0.4, 0.5) is 0 Å². The molecule has 2 aliphatic heterocycles. The predicted octanol–water partition coefficient (Wildman–Crippen LogP) is 2.13. The van der Waals surface area contributed by atoms with Crippen LogP contribution in [0.15, 0.2) is 41.4 Å². The van der Waals surface area contributed by atoms with Crippen molar-refractivity contribution in [1.29, 1.82) is 0 Å². The van der Waals surface area contributed by atoms with Crippen LogP contribution in [0, 0.1) is 5.92 Å². The number of nitrogens with zero attached hydrogens (tertiary/aromatic N) is 2. The van der Waals surface area contributed by atoms with Gasteiger partial charge < -0.3 is 14.4 Å². The Kier molecular flexibility index (Phi) is 4.60. The molecule has 0 radical (unpaired) electrons. The molecule has 4 heterocycles. The number of likely N-dealkylation sites (tertiary alicyclic amines) is 1. The van der Waals surface area contributed by atoms with E-state index < -0.39 is 0 Å². The van der Waals surface area contributed by atoms with Crippen LogP contribution in [-0.2, 0) is 27.3 Å². The second-order valence-corrected chi connectivity index (χ2v) is 7.11. The Morgan fingerprint density at radius 2 is 2.33 bits per heavy atom. The maximum atomic E-state index is 12.7. The Balaban J connectivity index is 1.40. The van der Waals surface area contributed by atoms with E-state index >= 15 is 0 Å². The lowest BCUT2D eigenvalue weighted by Gasteiger charge is -2.22. The highest BCUT2D eigenvalue weighted by molar-refractivity contribution is 7.08. The monoisotopic (exact) mass is 344 g/mol. The third-order valence-electron chi connectivity index (χ3n) is 4.79. The zero-order valence-electron chi connectivity index (χ0n) is 13.3. The predicted molar refractivity (Wildman–Crippen MR) is 90.6 cm³/mol. The average Bonchev–Trinajstić information content (AvgIpc) is 3.32. The molecule has 24 heavy (non-hydrogen) atoms. The minimum atomic E-state index is 0.0316. The molecular weight excluding hydrogens is 324 g/mol. The van der Waals surface area contributed by atoms with Gasteiger partial charge in [-0.15, -0.1) is 0 Å². The van der Waals surface area contributed by atoms with Crippen molar-refractivity contribution >= 4 is 17.2 Å². The topological polar surface area (TPSA) is 51.7 Å². The highest BCUT2D eigenvalue weighted by atomic mass is 32.1. The van der Waals surface area contributed by atoms with Gasteiger partial charge >= 0.3 is 0 Å². The van der Waals surface area contributed by atoms with Gasteiger partial charge in [-0.3, -0.25) is 9.78 Å². The van der Waals surface area contributed by atoms with Gasteiger partial charge in [-0.1, -0.05) is 6.07 Å². The molecule has 0 aromatic carbocycles. The molecule has 4 rings (SSSR count). The summed E-state index contributed by atoms with van der Waals surface area (Å²) in [4.78, 5) is 18.8. The zero-order chi connectivity index (χ0) is 16.4. The Morgan fingerprint density at radius 1 is 1.38 bits per heavy atom. The molecule has 5 nitrogen and oxygen atoms in total. The number of thiophene rings is 1. The first kappa shape index (κ1) is 15.7. The summed E-state index contributed by atoms with van der Waals surface area (Å²) in [7, 11) is 0. The molecule has 126 valence electrons. The van der Waals surface area contributed by atoms with Gasteiger partial charge in [0.25, 0.3) is 0 Å². The molecular formula is C18H20N2O3S. The van der Waals surface area contributed by atoms with Crippen LogP contribution >= 0.6 is 11.3 Å². The van der Waals surface area contributed by atoms with Crippen molar-refractivity contribution in [3.05, 3.63) is 52.5 Å². The van der Waals surface area contributed by atoms with Crippen LogP contribution < -0.4 is 0 Å². The minimum absolute atomic E-state index is 0.0316. The standard InChI is InChI=1S/C18H20N2O3S/c21-18(6-13-3-5-24-12-13)20-8-17(15-10-22-11-16(15)20)23-9-14-2-1-4-19-7-14/h1-5,7,12,15-17H,6,8-11H2/t15-,16+,17-/m1/s1. The number of hydrogen-bond acceptors (Lipinski definition) is 5. The van der Waals surface area contributed by atoms with E-state index in [9.17, 15) is 4.79 Å². The van der Waals surface area contributed by atoms with E-state index in [1.807, 2.05) is 40.1 Å². The maximum absolute atomic E-state index is 12.7. The minimum Gasteiger partial charge on any atom is -0.379 e. The summed E-state index contributed by atoms with van der Waals surface area (Å²) in [6, 6.07) is 6.07. The second-order valence-electron chi connectivity index (χ2n) is 6.33. The van der Waals surface area contributed by atoms with Crippen molar-refractivity contribution < 1.29 is 14.3 Å². The fraction of sp³-hybridized carbons (Fsp3) is 0.444. The van der Waals surface area contributed by atoms with E-state index in [0.717, 1.165) is 11.1 Å². The Hall–Kier alpha value is -1.76. The fourth-order valence-electron chi connectivity index (χ4n) is 3.52. The lowest BCUT2D eigenvalue weighted by Crippen LogP contribution is -2.39. The lowest BCUT2D eigenvalue weighted by atomic mass is 10.0. The van der Waals surface area contributed by atoms with Crippen molar-refractivity contribution in [2.75, 3.05) is 19.8 Å². The summed E-state index contributed by atoms with van der Waals surface area (Å²) >= 11 is 1.62. The molecule has 0 N–H and O–H groups in total. The maximum Gasteiger partial charge on any atom is 0.227 e. The van der Waals surface area contributed by atoms with Crippen molar-refractivity contribution in [2.24, 2.45) is 5.92 Å². The number of aromatic nitrogens is 1. The van der Waals surface area contributed by atoms with Crippen molar-refractivity contribution in [2.45, 2.75) is 25.2 Å². The number of fused-ring (bicyclic) bond motifs is 1. The summed E-state index contributed by atoms with van der Waals surface area (Å²) in [5.41, 5.74) is 2.14. The van der Waals surface area contributed by atoms with Gasteiger partial charge in [0.2, 0.25) is 5.91 Å². The Bertz CT molecular complexity index is 677. The number of rotatable bonds is 5. The van der Waals surface area contributed by atoms with Gasteiger partial charge in [0.15, 0.2) is 0 Å². The van der Waals surface area contributed by atoms with E-state index in [-0.39, 0.29) is 24.0 Å². The summed E-state index contributed by atoms with van der Waals surface area (Å²) in [6.45, 7) is 2.47. The third kappa shape index (κ3) is 3.22. The number of pyridine rings is 1. The quantitative estimate of drug-likeness (QED) is 0.834. The molecule has 2 aliphatic rings. The molecule has 0 bridgehead atoms. The van der Waals surface area contributed by atoms with Crippen LogP contribution in [0.5, 0.6) is 0 Å². The molecule has 2 fully saturated rings. The van der Waals surface area contributed by atoms with E-state index in [4.69, 9.17) is 9.47 Å². The molecule has 6 heteroatoms. The van der Waals surface area contributed by atoms with Crippen LogP contribution in [0.25, 0.3) is 0 Å². The summed E-state index contributed by atoms with van der Waals surface area (Å²) in [5.74, 6) is 0.439. The Labute approximate surface area is 145 Å². The molecule has 0 unspecified atom stereocenters. The molecule has 1 amide bonds. The van der Waals surface area contributed by atoms with Gasteiger partial charge in [-0.25, -0.2) is 0 Å². The highest BCUT2D eigenvalue weighted by Gasteiger charge is 2.47. The number of hydrogen-bond donors (Lipinski definition) is 0. The average molecular weight is 344 g/mol. The lowest BCUT2D eigenvalue weighted by molar-refractivity contribution is -0.132. The molecule has 0 spiro atoms. The van der Waals surface area contributed by atoms with E-state index in [0.29, 0.717) is 32.8 Å². The Morgan fingerprint density at radius 3 is 3.12 bits per heavy atom. The highest BCUT2D eigenvalue weighted by Crippen LogP contribution is 2.33. The molecule has 0 saturated carbocycles. The molecule has 2 aromatic rings. The number of ether oxygens (including phenoxy) is 2. The molecule has 0 aliphatic carbocycles. The van der Waals surface area contributed by atoms with E-state index in [1.165, 1.54) is 0 Å². The number of amides is 1. The number of carbonyl (C=O) groups is 1. The first-order valence-corrected chi connectivity index (χ1v) is 9.14. The van der Waals surface area contributed by atoms with Crippen LogP contribution in [-0.4, -0.2) is 47.7 Å². The summed E-state index contributed by atoms with van der Waals surface area (Å²) in [6.07, 6.45) is 4.06. The fourth-order valence-corrected chi connectivity index (χ4v) is 4.19. The summed E-state index contributed by atoms with van der Waals surface area (Å²) < 4.78 is 11.7. The third-order valence-corrected chi connectivity index (χ3v) is 5.52. The number of carbonyl (C=O) groups excluding carboxylic acids is 1. The normalized spacial score (nSPS) is 25.8. The van der Waals surface area contributed by atoms with Gasteiger partial charge in [-0.05, 0) is 34.0 Å². The largest absolute Gasteiger partial charge is 0.379 e. The molecule has 3 atom stereocenters. The van der Waals surface area contributed by atoms with E-state index in [1.54, 1.807) is 17.5 Å². The summed E-state index contributed by atoms with van der Waals surface area (Å²) in [5, 5.41) is 4.04. The first-order chi connectivity index (χ1) is 11.8. The molecule has 2 aromatic heterocycles. The van der Waals surface area contributed by atoms with Gasteiger partial charge in [0.1, 0.15) is 0 Å². The van der Waals surface area contributed by atoms with Gasteiger partial charge in [0.05, 0.1) is 38.4 Å². The van der Waals surface area contributed by atoms with E-state index in [2.05, 4.69) is 4.98 Å². The van der Waals surface area contributed by atoms with Crippen molar-refractivity contribution in [3.63, 3.8) is 0 Å².